The number of carbonyl (C=O) groups is 2. The largest absolute Gasteiger partial charge is 0.465 e. The maximum Gasteiger partial charge on any atom is 0.412 e. The molecule has 0 saturated heterocycles. The second-order valence-corrected chi connectivity index (χ2v) is 12.7. The Morgan fingerprint density at radius 3 is 2.39 bits per heavy atom. The smallest absolute Gasteiger partial charge is 0.412 e. The predicted molar refractivity (Wildman–Crippen MR) is 156 cm³/mol. The molecule has 0 atom stereocenters. The SMILES string of the molecule is CCN1CCC(c2cc(-c3ccc(NC(=O)OC(C)(C)C)cc3)sc2C(=O)OC)=C(C2CCC(C)CC2)C1. The van der Waals surface area contributed by atoms with E-state index in [1.54, 1.807) is 0 Å². The number of hydrogen-bond acceptors (Lipinski definition) is 6. The summed E-state index contributed by atoms with van der Waals surface area (Å²) in [6.07, 6.45) is 5.48. The summed E-state index contributed by atoms with van der Waals surface area (Å²) in [5.74, 6) is 1.11. The van der Waals surface area contributed by atoms with Crippen LogP contribution in [0.5, 0.6) is 0 Å². The minimum Gasteiger partial charge on any atom is -0.465 e. The lowest BCUT2D eigenvalue weighted by Gasteiger charge is -2.37. The third kappa shape index (κ3) is 6.86. The molecule has 4 rings (SSSR count). The Morgan fingerprint density at radius 1 is 1.11 bits per heavy atom. The fourth-order valence-electron chi connectivity index (χ4n) is 5.55. The molecule has 1 aliphatic carbocycles. The number of rotatable bonds is 6. The van der Waals surface area contributed by atoms with Crippen LogP contribution in [0.25, 0.3) is 16.0 Å². The van der Waals surface area contributed by atoms with E-state index >= 15 is 0 Å². The molecule has 6 nitrogen and oxygen atoms in total. The lowest BCUT2D eigenvalue weighted by molar-refractivity contribution is 0.0603. The number of benzene rings is 1. The average molecular weight is 539 g/mol. The first-order valence-corrected chi connectivity index (χ1v) is 14.7. The molecule has 0 unspecified atom stereocenters. The van der Waals surface area contributed by atoms with Gasteiger partial charge >= 0.3 is 12.1 Å². The second kappa shape index (κ2) is 12.0. The number of anilines is 1. The van der Waals surface area contributed by atoms with Gasteiger partial charge in [0.2, 0.25) is 0 Å². The standard InChI is InChI=1S/C31H42N2O4S/c1-7-33-17-16-24(26(19-33)21-10-8-20(2)9-11-21)25-18-27(38-28(25)29(34)36-6)22-12-14-23(15-13-22)32-30(35)37-31(3,4)5/h12-15,18,20-21H,7-11,16-17,19H2,1-6H3,(H,32,35). The zero-order valence-corrected chi connectivity index (χ0v) is 24.5. The minimum atomic E-state index is -0.557. The summed E-state index contributed by atoms with van der Waals surface area (Å²) in [5, 5.41) is 2.78. The number of esters is 1. The molecule has 1 fully saturated rings. The van der Waals surface area contributed by atoms with Crippen LogP contribution >= 0.6 is 11.3 Å². The van der Waals surface area contributed by atoms with Crippen LogP contribution in [0.3, 0.4) is 0 Å². The van der Waals surface area contributed by atoms with Crippen molar-refractivity contribution in [2.24, 2.45) is 11.8 Å². The van der Waals surface area contributed by atoms with Gasteiger partial charge in [0.1, 0.15) is 10.5 Å². The van der Waals surface area contributed by atoms with Crippen molar-refractivity contribution in [1.82, 2.24) is 4.90 Å². The van der Waals surface area contributed by atoms with E-state index in [0.717, 1.165) is 48.0 Å². The number of hydrogen-bond donors (Lipinski definition) is 1. The van der Waals surface area contributed by atoms with Gasteiger partial charge in [-0.15, -0.1) is 11.3 Å². The minimum absolute atomic E-state index is 0.276. The highest BCUT2D eigenvalue weighted by Gasteiger charge is 2.31. The Kier molecular flexibility index (Phi) is 8.99. The molecule has 1 amide bonds. The van der Waals surface area contributed by atoms with Gasteiger partial charge in [0.25, 0.3) is 0 Å². The molecule has 7 heteroatoms. The molecule has 1 aliphatic heterocycles. The highest BCUT2D eigenvalue weighted by atomic mass is 32.1. The Hall–Kier alpha value is -2.64. The number of nitrogens with one attached hydrogen (secondary N) is 1. The molecule has 38 heavy (non-hydrogen) atoms. The van der Waals surface area contributed by atoms with Crippen molar-refractivity contribution in [1.29, 1.82) is 0 Å². The van der Waals surface area contributed by atoms with Crippen LogP contribution in [-0.2, 0) is 9.47 Å². The van der Waals surface area contributed by atoms with Gasteiger partial charge in [-0.2, -0.15) is 0 Å². The van der Waals surface area contributed by atoms with E-state index < -0.39 is 11.7 Å². The first kappa shape index (κ1) is 28.4. The monoisotopic (exact) mass is 538 g/mol. The zero-order valence-electron chi connectivity index (χ0n) is 23.7. The van der Waals surface area contributed by atoms with Crippen LogP contribution in [0.1, 0.15) is 82.0 Å². The molecule has 2 aliphatic rings. The third-order valence-corrected chi connectivity index (χ3v) is 8.82. The summed E-state index contributed by atoms with van der Waals surface area (Å²) in [7, 11) is 1.46. The van der Waals surface area contributed by atoms with E-state index in [0.29, 0.717) is 16.5 Å². The van der Waals surface area contributed by atoms with Crippen molar-refractivity contribution >= 4 is 34.7 Å². The molecule has 0 radical (unpaired) electrons. The number of amides is 1. The van der Waals surface area contributed by atoms with Gasteiger partial charge in [-0.05, 0) is 93.3 Å². The van der Waals surface area contributed by atoms with Crippen molar-refractivity contribution in [2.75, 3.05) is 32.1 Å². The Balaban J connectivity index is 1.66. The molecular formula is C31H42N2O4S. The van der Waals surface area contributed by atoms with Crippen LogP contribution in [-0.4, -0.2) is 49.3 Å². The zero-order chi connectivity index (χ0) is 27.4. The van der Waals surface area contributed by atoms with E-state index in [2.05, 4.69) is 30.1 Å². The summed E-state index contributed by atoms with van der Waals surface area (Å²) in [6, 6.07) is 9.85. The maximum atomic E-state index is 13.0. The van der Waals surface area contributed by atoms with Crippen molar-refractivity contribution in [3.05, 3.63) is 46.3 Å². The summed E-state index contributed by atoms with van der Waals surface area (Å²) in [6.45, 7) is 13.1. The van der Waals surface area contributed by atoms with E-state index in [1.165, 1.54) is 55.3 Å². The molecule has 2 aromatic rings. The van der Waals surface area contributed by atoms with E-state index in [-0.39, 0.29) is 5.97 Å². The van der Waals surface area contributed by atoms with Crippen LogP contribution in [0.4, 0.5) is 10.5 Å². The number of methoxy groups -OCH3 is 1. The Labute approximate surface area is 231 Å². The molecule has 206 valence electrons. The van der Waals surface area contributed by atoms with Gasteiger partial charge in [-0.1, -0.05) is 38.8 Å². The third-order valence-electron chi connectivity index (χ3n) is 7.66. The fraction of sp³-hybridized carbons (Fsp3) is 0.548. The first-order chi connectivity index (χ1) is 18.1. The fourth-order valence-corrected chi connectivity index (χ4v) is 6.66. The van der Waals surface area contributed by atoms with Crippen LogP contribution in [0.2, 0.25) is 0 Å². The maximum absolute atomic E-state index is 13.0. The average Bonchev–Trinajstić information content (AvgIpc) is 3.33. The molecule has 0 bridgehead atoms. The summed E-state index contributed by atoms with van der Waals surface area (Å²) >= 11 is 1.49. The van der Waals surface area contributed by atoms with Crippen molar-refractivity contribution < 1.29 is 19.1 Å². The van der Waals surface area contributed by atoms with Gasteiger partial charge < -0.3 is 9.47 Å². The number of thiophene rings is 1. The number of ether oxygens (including phenoxy) is 2. The topological polar surface area (TPSA) is 67.9 Å². The van der Waals surface area contributed by atoms with Gasteiger partial charge in [-0.25, -0.2) is 9.59 Å². The number of likely N-dealkylation sites (N-methyl/N-ethyl adjacent to an activating group) is 1. The molecule has 1 N–H and O–H groups in total. The second-order valence-electron chi connectivity index (χ2n) is 11.6. The molecular weight excluding hydrogens is 496 g/mol. The molecule has 0 spiro atoms. The number of nitrogens with zero attached hydrogens (tertiary/aromatic N) is 1. The van der Waals surface area contributed by atoms with Gasteiger partial charge in [0, 0.05) is 29.2 Å². The molecule has 1 aromatic heterocycles. The van der Waals surface area contributed by atoms with E-state index in [9.17, 15) is 9.59 Å². The molecule has 2 heterocycles. The van der Waals surface area contributed by atoms with Crippen molar-refractivity contribution in [2.45, 2.75) is 72.3 Å². The summed E-state index contributed by atoms with van der Waals surface area (Å²) in [4.78, 5) is 29.3. The van der Waals surface area contributed by atoms with Gasteiger partial charge in [0.05, 0.1) is 7.11 Å². The predicted octanol–water partition coefficient (Wildman–Crippen LogP) is 7.85. The van der Waals surface area contributed by atoms with Gasteiger partial charge in [0.15, 0.2) is 0 Å². The quantitative estimate of drug-likeness (QED) is 0.379. The lowest BCUT2D eigenvalue weighted by Crippen LogP contribution is -2.34. The van der Waals surface area contributed by atoms with E-state index in [1.807, 2.05) is 45.0 Å². The normalized spacial score (nSPS) is 20.8. The Bertz CT molecular complexity index is 1170. The highest BCUT2D eigenvalue weighted by Crippen LogP contribution is 2.43. The van der Waals surface area contributed by atoms with Crippen LogP contribution < -0.4 is 5.32 Å². The summed E-state index contributed by atoms with van der Waals surface area (Å²) in [5.41, 5.74) is 5.02. The van der Waals surface area contributed by atoms with Crippen molar-refractivity contribution in [3.8, 4) is 10.4 Å². The van der Waals surface area contributed by atoms with Gasteiger partial charge in [-0.3, -0.25) is 10.2 Å². The summed E-state index contributed by atoms with van der Waals surface area (Å²) < 4.78 is 10.6. The van der Waals surface area contributed by atoms with Crippen molar-refractivity contribution in [3.63, 3.8) is 0 Å². The highest BCUT2D eigenvalue weighted by molar-refractivity contribution is 7.17. The molecule has 1 aromatic carbocycles. The van der Waals surface area contributed by atoms with Crippen LogP contribution in [0.15, 0.2) is 35.9 Å². The Morgan fingerprint density at radius 2 is 1.79 bits per heavy atom. The molecule has 1 saturated carbocycles. The lowest BCUT2D eigenvalue weighted by atomic mass is 9.75. The number of carbonyl (C=O) groups excluding carboxylic acids is 2. The van der Waals surface area contributed by atoms with Crippen LogP contribution in [0, 0.1) is 11.8 Å². The first-order valence-electron chi connectivity index (χ1n) is 13.8. The van der Waals surface area contributed by atoms with E-state index in [4.69, 9.17) is 9.47 Å².